The predicted molar refractivity (Wildman–Crippen MR) is 46.9 cm³/mol. The van der Waals surface area contributed by atoms with Gasteiger partial charge in [0.1, 0.15) is 18.8 Å². The quantitative estimate of drug-likeness (QED) is 0.418. The first kappa shape index (κ1) is 9.67. The number of nitrogens with zero attached hydrogens (tertiary/aromatic N) is 1. The Morgan fingerprint density at radius 3 is 1.60 bits per heavy atom. The van der Waals surface area contributed by atoms with Crippen molar-refractivity contribution in [1.29, 1.82) is 0 Å². The molecule has 0 radical (unpaired) electrons. The molecule has 2 atom stereocenters. The summed E-state index contributed by atoms with van der Waals surface area (Å²) in [7, 11) is 0. The van der Waals surface area contributed by atoms with Crippen LogP contribution in [0, 0.1) is 0 Å². The Hall–Kier alpha value is -0.330. The minimum Gasteiger partial charge on any atom is -0.238 e. The van der Waals surface area contributed by atoms with Crippen molar-refractivity contribution in [1.82, 2.24) is 0 Å². The van der Waals surface area contributed by atoms with Gasteiger partial charge in [-0.25, -0.2) is 4.58 Å². The van der Waals surface area contributed by atoms with Gasteiger partial charge in [0.2, 0.25) is 0 Å². The molecule has 0 N–H and O–H groups in total. The van der Waals surface area contributed by atoms with Gasteiger partial charge in [-0.1, -0.05) is 13.8 Å². The van der Waals surface area contributed by atoms with Crippen molar-refractivity contribution in [2.45, 2.75) is 52.6 Å². The lowest BCUT2D eigenvalue weighted by atomic mass is 10.2. The minimum atomic E-state index is 0.620. The molecule has 0 bridgehead atoms. The van der Waals surface area contributed by atoms with Gasteiger partial charge in [0, 0.05) is 12.8 Å². The molecule has 0 aromatic rings. The molecule has 1 heteroatoms. The Labute approximate surface area is 64.8 Å². The average molecular weight is 142 g/mol. The Kier molecular flexibility index (Phi) is 4.33. The predicted octanol–water partition coefficient (Wildman–Crippen LogP) is 2.30. The van der Waals surface area contributed by atoms with Crippen LogP contribution in [0.4, 0.5) is 0 Å². The molecule has 1 nitrogen and oxygen atoms in total. The maximum atomic E-state index is 4.01. The molecule has 60 valence electrons. The highest BCUT2D eigenvalue weighted by atomic mass is 15.0. The second-order valence-electron chi connectivity index (χ2n) is 3.03. The molecule has 0 saturated carbocycles. The summed E-state index contributed by atoms with van der Waals surface area (Å²) in [6, 6.07) is 1.24. The molecule has 0 aliphatic heterocycles. The second-order valence-corrected chi connectivity index (χ2v) is 3.03. The smallest absolute Gasteiger partial charge is 0.149 e. The number of hydrogen-bond acceptors (Lipinski definition) is 0. The first-order valence-electron chi connectivity index (χ1n) is 4.22. The molecule has 10 heavy (non-hydrogen) atoms. The molecule has 0 fully saturated rings. The van der Waals surface area contributed by atoms with E-state index >= 15 is 0 Å². The fourth-order valence-corrected chi connectivity index (χ4v) is 0.903. The molecule has 0 aliphatic rings. The summed E-state index contributed by atoms with van der Waals surface area (Å²) in [5.74, 6) is 0. The van der Waals surface area contributed by atoms with Gasteiger partial charge >= 0.3 is 0 Å². The maximum Gasteiger partial charge on any atom is 0.149 e. The van der Waals surface area contributed by atoms with Gasteiger partial charge in [0.15, 0.2) is 0 Å². The van der Waals surface area contributed by atoms with Gasteiger partial charge in [-0.2, -0.15) is 0 Å². The van der Waals surface area contributed by atoms with Crippen molar-refractivity contribution < 1.29 is 4.58 Å². The highest BCUT2D eigenvalue weighted by Gasteiger charge is 2.15. The number of rotatable bonds is 4. The molecule has 0 saturated heterocycles. The molecule has 0 aromatic heterocycles. The summed E-state index contributed by atoms with van der Waals surface area (Å²) in [6.07, 6.45) is 2.38. The molecule has 0 spiro atoms. The lowest BCUT2D eigenvalue weighted by Crippen LogP contribution is -2.29. The van der Waals surface area contributed by atoms with Crippen LogP contribution in [0.3, 0.4) is 0 Å². The Bertz CT molecular complexity index is 95.3. The van der Waals surface area contributed by atoms with E-state index in [0.717, 1.165) is 0 Å². The summed E-state index contributed by atoms with van der Waals surface area (Å²) < 4.78 is 2.19. The first-order valence-corrected chi connectivity index (χ1v) is 4.22. The topological polar surface area (TPSA) is 3.01 Å². The van der Waals surface area contributed by atoms with Gasteiger partial charge in [0.05, 0.1) is 0 Å². The van der Waals surface area contributed by atoms with Crippen LogP contribution in [0.2, 0.25) is 0 Å². The van der Waals surface area contributed by atoms with Crippen LogP contribution in [-0.4, -0.2) is 23.4 Å². The summed E-state index contributed by atoms with van der Waals surface area (Å²) in [6.45, 7) is 12.9. The molecule has 0 heterocycles. The SMILES string of the molecule is C=[N+](C(C)CC)C(C)CC. The van der Waals surface area contributed by atoms with Crippen molar-refractivity contribution >= 4 is 6.72 Å². The maximum absolute atomic E-state index is 4.01. The van der Waals surface area contributed by atoms with Gasteiger partial charge in [0.25, 0.3) is 0 Å². The summed E-state index contributed by atoms with van der Waals surface area (Å²) in [4.78, 5) is 0. The average Bonchev–Trinajstić information content (AvgIpc) is 2.00. The van der Waals surface area contributed by atoms with Crippen molar-refractivity contribution in [3.63, 3.8) is 0 Å². The molecule has 0 aromatic carbocycles. The molecule has 0 amide bonds. The van der Waals surface area contributed by atoms with E-state index in [9.17, 15) is 0 Å². The van der Waals surface area contributed by atoms with Gasteiger partial charge < -0.3 is 0 Å². The number of hydrogen-bond donors (Lipinski definition) is 0. The van der Waals surface area contributed by atoms with Crippen LogP contribution in [0.25, 0.3) is 0 Å². The van der Waals surface area contributed by atoms with Crippen molar-refractivity contribution in [2.75, 3.05) is 0 Å². The van der Waals surface area contributed by atoms with Crippen LogP contribution in [0.15, 0.2) is 0 Å². The van der Waals surface area contributed by atoms with E-state index < -0.39 is 0 Å². The second kappa shape index (κ2) is 4.48. The third kappa shape index (κ3) is 2.51. The van der Waals surface area contributed by atoms with E-state index in [1.807, 2.05) is 0 Å². The first-order chi connectivity index (χ1) is 4.63. The molecular formula is C9H20N+. The zero-order chi connectivity index (χ0) is 8.15. The van der Waals surface area contributed by atoms with Gasteiger partial charge in [-0.15, -0.1) is 0 Å². The van der Waals surface area contributed by atoms with E-state index in [0.29, 0.717) is 12.1 Å². The van der Waals surface area contributed by atoms with E-state index in [4.69, 9.17) is 0 Å². The summed E-state index contributed by atoms with van der Waals surface area (Å²) >= 11 is 0. The Balaban J connectivity index is 3.82. The Morgan fingerprint density at radius 1 is 1.10 bits per heavy atom. The van der Waals surface area contributed by atoms with Crippen LogP contribution < -0.4 is 0 Å². The lowest BCUT2D eigenvalue weighted by molar-refractivity contribution is -0.587. The van der Waals surface area contributed by atoms with Crippen molar-refractivity contribution in [2.24, 2.45) is 0 Å². The monoisotopic (exact) mass is 142 g/mol. The normalized spacial score (nSPS) is 16.4. The van der Waals surface area contributed by atoms with E-state index in [1.54, 1.807) is 0 Å². The molecule has 0 aliphatic carbocycles. The van der Waals surface area contributed by atoms with Crippen LogP contribution in [-0.2, 0) is 0 Å². The third-order valence-electron chi connectivity index (χ3n) is 2.31. The summed E-state index contributed by atoms with van der Waals surface area (Å²) in [5.41, 5.74) is 0. The van der Waals surface area contributed by atoms with Crippen LogP contribution in [0.5, 0.6) is 0 Å². The lowest BCUT2D eigenvalue weighted by Gasteiger charge is -2.13. The summed E-state index contributed by atoms with van der Waals surface area (Å²) in [5, 5.41) is 0. The molecular weight excluding hydrogens is 122 g/mol. The zero-order valence-corrected chi connectivity index (χ0v) is 7.72. The Morgan fingerprint density at radius 2 is 1.40 bits per heavy atom. The largest absolute Gasteiger partial charge is 0.238 e. The molecule has 2 unspecified atom stereocenters. The minimum absolute atomic E-state index is 0.620. The van der Waals surface area contributed by atoms with E-state index in [1.165, 1.54) is 12.8 Å². The van der Waals surface area contributed by atoms with Gasteiger partial charge in [-0.05, 0) is 13.8 Å². The van der Waals surface area contributed by atoms with E-state index in [2.05, 4.69) is 39.0 Å². The highest BCUT2D eigenvalue weighted by Crippen LogP contribution is 2.02. The molecule has 0 rings (SSSR count). The van der Waals surface area contributed by atoms with E-state index in [-0.39, 0.29) is 0 Å². The zero-order valence-electron chi connectivity index (χ0n) is 7.72. The standard InChI is InChI=1S/C9H20N/c1-6-8(3)10(5)9(4)7-2/h8-9H,5-7H2,1-4H3/q+1. The van der Waals surface area contributed by atoms with Gasteiger partial charge in [-0.3, -0.25) is 0 Å². The van der Waals surface area contributed by atoms with Crippen molar-refractivity contribution in [3.05, 3.63) is 0 Å². The fourth-order valence-electron chi connectivity index (χ4n) is 0.903. The van der Waals surface area contributed by atoms with Crippen LogP contribution >= 0.6 is 0 Å². The fraction of sp³-hybridized carbons (Fsp3) is 0.889. The van der Waals surface area contributed by atoms with Crippen LogP contribution in [0.1, 0.15) is 40.5 Å². The van der Waals surface area contributed by atoms with Crippen molar-refractivity contribution in [3.8, 4) is 0 Å². The third-order valence-corrected chi connectivity index (χ3v) is 2.31. The highest BCUT2D eigenvalue weighted by molar-refractivity contribution is 5.15.